The molecule has 0 aliphatic rings. The Morgan fingerprint density at radius 2 is 2.00 bits per heavy atom. The zero-order chi connectivity index (χ0) is 11.4. The van der Waals surface area contributed by atoms with Crippen LogP contribution in [-0.2, 0) is 5.88 Å². The summed E-state index contributed by atoms with van der Waals surface area (Å²) in [7, 11) is 0. The number of rotatable bonds is 4. The molecule has 0 radical (unpaired) electrons. The van der Waals surface area contributed by atoms with Crippen molar-refractivity contribution in [2.75, 3.05) is 0 Å². The van der Waals surface area contributed by atoms with Crippen LogP contribution in [0.5, 0.6) is 5.75 Å². The molecule has 0 aromatic heterocycles. The van der Waals surface area contributed by atoms with Gasteiger partial charge in [-0.1, -0.05) is 26.0 Å². The van der Waals surface area contributed by atoms with Crippen LogP contribution in [0.3, 0.4) is 0 Å². The molecule has 1 rings (SSSR count). The van der Waals surface area contributed by atoms with Gasteiger partial charge in [0.05, 0.1) is 5.88 Å². The van der Waals surface area contributed by atoms with Crippen molar-refractivity contribution in [3.63, 3.8) is 0 Å². The first kappa shape index (κ1) is 12.2. The maximum Gasteiger partial charge on any atom is 0.387 e. The van der Waals surface area contributed by atoms with Gasteiger partial charge in [-0.2, -0.15) is 8.78 Å². The minimum Gasteiger partial charge on any atom is -0.434 e. The SMILES string of the molecule is CC(C)c1ccc(CCl)c(OC(F)F)c1. The Balaban J connectivity index is 3.02. The van der Waals surface area contributed by atoms with Gasteiger partial charge < -0.3 is 4.74 Å². The fourth-order valence-electron chi connectivity index (χ4n) is 1.25. The molecule has 0 fully saturated rings. The normalized spacial score (nSPS) is 11.1. The highest BCUT2D eigenvalue weighted by molar-refractivity contribution is 6.17. The van der Waals surface area contributed by atoms with E-state index in [1.807, 2.05) is 19.9 Å². The predicted molar refractivity (Wildman–Crippen MR) is 56.7 cm³/mol. The first-order chi connectivity index (χ1) is 7.04. The molecule has 0 unspecified atom stereocenters. The molecule has 4 heteroatoms. The number of ether oxygens (including phenoxy) is 1. The fraction of sp³-hybridized carbons (Fsp3) is 0.455. The smallest absolute Gasteiger partial charge is 0.387 e. The standard InChI is InChI=1S/C11H13ClF2O/c1-7(2)8-3-4-9(6-12)10(5-8)15-11(13)14/h3-5,7,11H,6H2,1-2H3. The highest BCUT2D eigenvalue weighted by Crippen LogP contribution is 2.27. The van der Waals surface area contributed by atoms with Gasteiger partial charge >= 0.3 is 6.61 Å². The number of benzene rings is 1. The van der Waals surface area contributed by atoms with Crippen LogP contribution in [0.15, 0.2) is 18.2 Å². The van der Waals surface area contributed by atoms with Crippen LogP contribution >= 0.6 is 11.6 Å². The van der Waals surface area contributed by atoms with E-state index in [1.54, 1.807) is 12.1 Å². The van der Waals surface area contributed by atoms with Gasteiger partial charge in [-0.25, -0.2) is 0 Å². The van der Waals surface area contributed by atoms with E-state index in [4.69, 9.17) is 11.6 Å². The van der Waals surface area contributed by atoms with E-state index in [9.17, 15) is 8.78 Å². The third-order valence-corrected chi connectivity index (χ3v) is 2.41. The van der Waals surface area contributed by atoms with E-state index in [0.717, 1.165) is 5.56 Å². The summed E-state index contributed by atoms with van der Waals surface area (Å²) in [5.74, 6) is 0.612. The van der Waals surface area contributed by atoms with Gasteiger partial charge in [0.1, 0.15) is 5.75 Å². The van der Waals surface area contributed by atoms with Crippen LogP contribution in [0.1, 0.15) is 30.9 Å². The molecule has 0 saturated carbocycles. The molecule has 0 saturated heterocycles. The minimum atomic E-state index is -2.81. The van der Waals surface area contributed by atoms with Crippen LogP contribution in [0.25, 0.3) is 0 Å². The lowest BCUT2D eigenvalue weighted by atomic mass is 10.0. The van der Waals surface area contributed by atoms with Gasteiger partial charge in [0, 0.05) is 5.56 Å². The van der Waals surface area contributed by atoms with Gasteiger partial charge in [-0.3, -0.25) is 0 Å². The largest absolute Gasteiger partial charge is 0.434 e. The van der Waals surface area contributed by atoms with Crippen LogP contribution in [0, 0.1) is 0 Å². The van der Waals surface area contributed by atoms with E-state index in [1.165, 1.54) is 0 Å². The van der Waals surface area contributed by atoms with Crippen LogP contribution < -0.4 is 4.74 Å². The van der Waals surface area contributed by atoms with E-state index in [-0.39, 0.29) is 17.5 Å². The average molecular weight is 235 g/mol. The zero-order valence-electron chi connectivity index (χ0n) is 8.64. The van der Waals surface area contributed by atoms with E-state index < -0.39 is 6.61 Å². The summed E-state index contributed by atoms with van der Waals surface area (Å²) in [6.07, 6.45) is 0. The first-order valence-electron chi connectivity index (χ1n) is 4.68. The Morgan fingerprint density at radius 1 is 1.33 bits per heavy atom. The summed E-state index contributed by atoms with van der Waals surface area (Å²) in [5, 5.41) is 0. The topological polar surface area (TPSA) is 9.23 Å². The van der Waals surface area contributed by atoms with Gasteiger partial charge in [0.15, 0.2) is 0 Å². The van der Waals surface area contributed by atoms with Crippen molar-refractivity contribution in [2.24, 2.45) is 0 Å². The lowest BCUT2D eigenvalue weighted by Crippen LogP contribution is -2.04. The summed E-state index contributed by atoms with van der Waals surface area (Å²) >= 11 is 5.62. The Morgan fingerprint density at radius 3 is 2.47 bits per heavy atom. The number of hydrogen-bond acceptors (Lipinski definition) is 1. The minimum absolute atomic E-state index is 0.167. The van der Waals surface area contributed by atoms with Gasteiger partial charge in [0.2, 0.25) is 0 Å². The number of halogens is 3. The highest BCUT2D eigenvalue weighted by Gasteiger charge is 2.11. The number of hydrogen-bond donors (Lipinski definition) is 0. The lowest BCUT2D eigenvalue weighted by molar-refractivity contribution is -0.0503. The third kappa shape index (κ3) is 3.34. The maximum absolute atomic E-state index is 12.1. The summed E-state index contributed by atoms with van der Waals surface area (Å²) in [5.41, 5.74) is 1.54. The molecule has 84 valence electrons. The van der Waals surface area contributed by atoms with Crippen molar-refractivity contribution >= 4 is 11.6 Å². The first-order valence-corrected chi connectivity index (χ1v) is 5.21. The van der Waals surface area contributed by atoms with E-state index in [0.29, 0.717) is 5.56 Å². The summed E-state index contributed by atoms with van der Waals surface area (Å²) < 4.78 is 28.6. The van der Waals surface area contributed by atoms with Crippen molar-refractivity contribution in [1.82, 2.24) is 0 Å². The summed E-state index contributed by atoms with van der Waals surface area (Å²) in [6.45, 7) is 1.17. The predicted octanol–water partition coefficient (Wildman–Crippen LogP) is 4.15. The van der Waals surface area contributed by atoms with Gasteiger partial charge in [-0.05, 0) is 17.5 Å². The van der Waals surface area contributed by atoms with Gasteiger partial charge in [0.25, 0.3) is 0 Å². The molecule has 0 N–H and O–H groups in total. The lowest BCUT2D eigenvalue weighted by Gasteiger charge is -2.12. The van der Waals surface area contributed by atoms with Crippen molar-refractivity contribution in [3.05, 3.63) is 29.3 Å². The Hall–Kier alpha value is -0.830. The molecule has 0 amide bonds. The second-order valence-electron chi connectivity index (χ2n) is 3.53. The molecule has 0 heterocycles. The summed E-state index contributed by atoms with van der Waals surface area (Å²) in [4.78, 5) is 0. The Labute approximate surface area is 93.0 Å². The van der Waals surface area contributed by atoms with Crippen molar-refractivity contribution in [2.45, 2.75) is 32.3 Å². The molecule has 15 heavy (non-hydrogen) atoms. The van der Waals surface area contributed by atoms with Crippen LogP contribution in [0.2, 0.25) is 0 Å². The molecule has 1 aromatic carbocycles. The Kier molecular flexibility index (Phi) is 4.33. The van der Waals surface area contributed by atoms with Crippen molar-refractivity contribution in [3.8, 4) is 5.75 Å². The highest BCUT2D eigenvalue weighted by atomic mass is 35.5. The molecular weight excluding hydrogens is 222 g/mol. The summed E-state index contributed by atoms with van der Waals surface area (Å²) in [6, 6.07) is 5.22. The molecular formula is C11H13ClF2O. The quantitative estimate of drug-likeness (QED) is 0.711. The van der Waals surface area contributed by atoms with E-state index >= 15 is 0 Å². The average Bonchev–Trinajstić information content (AvgIpc) is 2.16. The van der Waals surface area contributed by atoms with Crippen LogP contribution in [0.4, 0.5) is 8.78 Å². The fourth-order valence-corrected chi connectivity index (χ4v) is 1.47. The van der Waals surface area contributed by atoms with Gasteiger partial charge in [-0.15, -0.1) is 11.6 Å². The number of alkyl halides is 3. The Bertz CT molecular complexity index is 326. The molecule has 0 aliphatic heterocycles. The molecule has 1 nitrogen and oxygen atoms in total. The molecule has 0 aliphatic carbocycles. The molecule has 0 spiro atoms. The van der Waals surface area contributed by atoms with Crippen molar-refractivity contribution < 1.29 is 13.5 Å². The maximum atomic E-state index is 12.1. The zero-order valence-corrected chi connectivity index (χ0v) is 9.39. The third-order valence-electron chi connectivity index (χ3n) is 2.12. The van der Waals surface area contributed by atoms with Crippen LogP contribution in [-0.4, -0.2) is 6.61 Å². The van der Waals surface area contributed by atoms with Crippen molar-refractivity contribution in [1.29, 1.82) is 0 Å². The molecule has 1 aromatic rings. The molecule has 0 atom stereocenters. The second kappa shape index (κ2) is 5.31. The van der Waals surface area contributed by atoms with E-state index in [2.05, 4.69) is 4.74 Å². The monoisotopic (exact) mass is 234 g/mol. The second-order valence-corrected chi connectivity index (χ2v) is 3.80. The molecule has 0 bridgehead atoms.